The number of rotatable bonds is 4. The molecule has 0 atom stereocenters. The van der Waals surface area contributed by atoms with Crippen molar-refractivity contribution in [1.82, 2.24) is 0 Å². The number of hydrogen-bond donors (Lipinski definition) is 2. The molecule has 7 heteroatoms. The van der Waals surface area contributed by atoms with Crippen LogP contribution in [0.15, 0.2) is 24.3 Å². The van der Waals surface area contributed by atoms with Crippen LogP contribution in [0.2, 0.25) is 0 Å². The average molecular weight is 236 g/mol. The molecule has 0 unspecified atom stereocenters. The number of aliphatic carboxylic acids is 1. The van der Waals surface area contributed by atoms with Gasteiger partial charge in [-0.05, 0) is 11.6 Å². The Morgan fingerprint density at radius 2 is 2.06 bits per heavy atom. The highest BCUT2D eigenvalue weighted by molar-refractivity contribution is 6.01. The van der Waals surface area contributed by atoms with Crippen molar-refractivity contribution in [2.75, 3.05) is 0 Å². The van der Waals surface area contributed by atoms with Crippen LogP contribution in [0.25, 0.3) is 6.08 Å². The molecule has 3 N–H and O–H groups in total. The van der Waals surface area contributed by atoms with Crippen LogP contribution in [-0.4, -0.2) is 21.9 Å². The second-order valence-electron chi connectivity index (χ2n) is 3.03. The van der Waals surface area contributed by atoms with Crippen molar-refractivity contribution in [3.05, 3.63) is 45.5 Å². The molecule has 0 aliphatic heterocycles. The first kappa shape index (κ1) is 12.4. The molecule has 0 fully saturated rings. The minimum atomic E-state index is -1.23. The number of hydrogen-bond acceptors (Lipinski definition) is 4. The van der Waals surface area contributed by atoms with E-state index in [1.165, 1.54) is 12.1 Å². The summed E-state index contributed by atoms with van der Waals surface area (Å²) < 4.78 is 0. The predicted octanol–water partition coefficient (Wildman–Crippen LogP) is 0.792. The van der Waals surface area contributed by atoms with Gasteiger partial charge in [0, 0.05) is 12.1 Å². The maximum Gasteiger partial charge on any atom is 0.328 e. The minimum Gasteiger partial charge on any atom is -0.478 e. The fourth-order valence-corrected chi connectivity index (χ4v) is 1.28. The molecule has 0 heterocycles. The largest absolute Gasteiger partial charge is 0.478 e. The van der Waals surface area contributed by atoms with Crippen LogP contribution in [0.1, 0.15) is 15.9 Å². The van der Waals surface area contributed by atoms with Gasteiger partial charge in [0.1, 0.15) is 5.56 Å². The number of nitrogens with zero attached hydrogens (tertiary/aromatic N) is 1. The van der Waals surface area contributed by atoms with Gasteiger partial charge in [0.15, 0.2) is 0 Å². The molecular weight excluding hydrogens is 228 g/mol. The van der Waals surface area contributed by atoms with E-state index in [0.29, 0.717) is 0 Å². The van der Waals surface area contributed by atoms with E-state index < -0.39 is 22.5 Å². The first-order valence-corrected chi connectivity index (χ1v) is 4.41. The number of nitro benzene ring substituents is 1. The summed E-state index contributed by atoms with van der Waals surface area (Å²) in [7, 11) is 0. The van der Waals surface area contributed by atoms with Gasteiger partial charge < -0.3 is 10.8 Å². The molecule has 0 aliphatic carbocycles. The fraction of sp³-hybridized carbons (Fsp3) is 0. The number of nitro groups is 1. The molecule has 1 rings (SSSR count). The maximum absolute atomic E-state index is 11.1. The molecule has 7 nitrogen and oxygen atoms in total. The van der Waals surface area contributed by atoms with E-state index in [1.54, 1.807) is 0 Å². The second-order valence-corrected chi connectivity index (χ2v) is 3.03. The highest BCUT2D eigenvalue weighted by atomic mass is 16.6. The lowest BCUT2D eigenvalue weighted by Gasteiger charge is -2.02. The number of carbonyl (C=O) groups is 2. The molecule has 0 saturated heterocycles. The molecule has 88 valence electrons. The van der Waals surface area contributed by atoms with Crippen molar-refractivity contribution in [3.8, 4) is 0 Å². The van der Waals surface area contributed by atoms with Crippen molar-refractivity contribution >= 4 is 23.6 Å². The van der Waals surface area contributed by atoms with Gasteiger partial charge in [0.2, 0.25) is 0 Å². The molecule has 0 radical (unpaired) electrons. The van der Waals surface area contributed by atoms with Crippen LogP contribution in [-0.2, 0) is 4.79 Å². The van der Waals surface area contributed by atoms with Gasteiger partial charge in [-0.2, -0.15) is 0 Å². The third kappa shape index (κ3) is 2.88. The van der Waals surface area contributed by atoms with Gasteiger partial charge in [-0.3, -0.25) is 14.9 Å². The Hall–Kier alpha value is -2.70. The van der Waals surface area contributed by atoms with Crippen LogP contribution in [0.5, 0.6) is 0 Å². The Balaban J connectivity index is 3.40. The molecular formula is C10H8N2O5. The van der Waals surface area contributed by atoms with Crippen molar-refractivity contribution in [2.45, 2.75) is 0 Å². The molecule has 0 aromatic heterocycles. The average Bonchev–Trinajstić information content (AvgIpc) is 2.25. The smallest absolute Gasteiger partial charge is 0.328 e. The number of benzene rings is 1. The molecule has 0 aliphatic rings. The standard InChI is InChI=1S/C10H8N2O5/c11-10(15)9-6(4-5-8(13)14)2-1-3-7(9)12(16)17/h1-5H,(H2,11,15)(H,13,14). The number of primary amides is 1. The summed E-state index contributed by atoms with van der Waals surface area (Å²) in [6, 6.07) is 3.83. The van der Waals surface area contributed by atoms with E-state index in [0.717, 1.165) is 18.2 Å². The molecule has 1 aromatic rings. The summed E-state index contributed by atoms with van der Waals surface area (Å²) in [6.07, 6.45) is 1.85. The predicted molar refractivity (Wildman–Crippen MR) is 58.3 cm³/mol. The number of nitrogens with two attached hydrogens (primary N) is 1. The van der Waals surface area contributed by atoms with Gasteiger partial charge in [-0.1, -0.05) is 12.1 Å². The van der Waals surface area contributed by atoms with E-state index in [9.17, 15) is 19.7 Å². The minimum absolute atomic E-state index is 0.0918. The summed E-state index contributed by atoms with van der Waals surface area (Å²) in [5.74, 6) is -2.21. The summed E-state index contributed by atoms with van der Waals surface area (Å²) in [6.45, 7) is 0. The van der Waals surface area contributed by atoms with Crippen molar-refractivity contribution in [3.63, 3.8) is 0 Å². The van der Waals surface area contributed by atoms with Crippen molar-refractivity contribution in [2.24, 2.45) is 5.73 Å². The molecule has 17 heavy (non-hydrogen) atoms. The fourth-order valence-electron chi connectivity index (χ4n) is 1.28. The Morgan fingerprint density at radius 1 is 1.41 bits per heavy atom. The monoisotopic (exact) mass is 236 g/mol. The summed E-state index contributed by atoms with van der Waals surface area (Å²) in [5, 5.41) is 19.1. The Kier molecular flexibility index (Phi) is 3.55. The highest BCUT2D eigenvalue weighted by Crippen LogP contribution is 2.22. The lowest BCUT2D eigenvalue weighted by molar-refractivity contribution is -0.385. The third-order valence-corrected chi connectivity index (χ3v) is 1.92. The summed E-state index contributed by atoms with van der Waals surface area (Å²) in [4.78, 5) is 31.4. The Labute approximate surface area is 95.3 Å². The quantitative estimate of drug-likeness (QED) is 0.454. The van der Waals surface area contributed by atoms with Gasteiger partial charge >= 0.3 is 5.97 Å². The normalized spacial score (nSPS) is 10.4. The molecule has 1 aromatic carbocycles. The van der Waals surface area contributed by atoms with Crippen LogP contribution in [0.4, 0.5) is 5.69 Å². The van der Waals surface area contributed by atoms with Crippen LogP contribution in [0, 0.1) is 10.1 Å². The van der Waals surface area contributed by atoms with Crippen LogP contribution >= 0.6 is 0 Å². The van der Waals surface area contributed by atoms with E-state index in [1.807, 2.05) is 0 Å². The Bertz CT molecular complexity index is 521. The molecule has 0 saturated carbocycles. The first-order chi connectivity index (χ1) is 7.93. The number of carboxylic acid groups (broad SMARTS) is 1. The number of carbonyl (C=O) groups excluding carboxylic acids is 1. The topological polar surface area (TPSA) is 124 Å². The first-order valence-electron chi connectivity index (χ1n) is 4.41. The van der Waals surface area contributed by atoms with E-state index in [-0.39, 0.29) is 11.1 Å². The van der Waals surface area contributed by atoms with Gasteiger partial charge in [0.05, 0.1) is 4.92 Å². The number of amides is 1. The van der Waals surface area contributed by atoms with Gasteiger partial charge in [-0.25, -0.2) is 4.79 Å². The zero-order valence-corrected chi connectivity index (χ0v) is 8.49. The van der Waals surface area contributed by atoms with Crippen molar-refractivity contribution in [1.29, 1.82) is 0 Å². The van der Waals surface area contributed by atoms with Crippen LogP contribution in [0.3, 0.4) is 0 Å². The second kappa shape index (κ2) is 4.88. The zero-order valence-electron chi connectivity index (χ0n) is 8.49. The third-order valence-electron chi connectivity index (χ3n) is 1.92. The Morgan fingerprint density at radius 3 is 2.53 bits per heavy atom. The van der Waals surface area contributed by atoms with Crippen molar-refractivity contribution < 1.29 is 19.6 Å². The highest BCUT2D eigenvalue weighted by Gasteiger charge is 2.20. The summed E-state index contributed by atoms with van der Waals surface area (Å²) >= 11 is 0. The number of carboxylic acids is 1. The van der Waals surface area contributed by atoms with Gasteiger partial charge in [0.25, 0.3) is 11.6 Å². The molecule has 1 amide bonds. The molecule has 0 bridgehead atoms. The van der Waals surface area contributed by atoms with Crippen LogP contribution < -0.4 is 5.73 Å². The molecule has 0 spiro atoms. The zero-order chi connectivity index (χ0) is 13.0. The SMILES string of the molecule is NC(=O)c1c(C=CC(=O)O)cccc1[N+](=O)[O-]. The summed E-state index contributed by atoms with van der Waals surface area (Å²) in [5.41, 5.74) is 4.36. The van der Waals surface area contributed by atoms with E-state index in [2.05, 4.69) is 0 Å². The lowest BCUT2D eigenvalue weighted by Crippen LogP contribution is -2.15. The van der Waals surface area contributed by atoms with E-state index >= 15 is 0 Å². The lowest BCUT2D eigenvalue weighted by atomic mass is 10.0. The maximum atomic E-state index is 11.1. The van der Waals surface area contributed by atoms with E-state index in [4.69, 9.17) is 10.8 Å². The van der Waals surface area contributed by atoms with Gasteiger partial charge in [-0.15, -0.1) is 0 Å².